The van der Waals surface area contributed by atoms with Gasteiger partial charge in [0.1, 0.15) is 0 Å². The average Bonchev–Trinajstić information content (AvgIpc) is 3.60. The largest absolute Gasteiger partial charge is 0.293 e. The third-order valence-electron chi connectivity index (χ3n) is 6.33. The van der Waals surface area contributed by atoms with Gasteiger partial charge < -0.3 is 0 Å². The Labute approximate surface area is 195 Å². The predicted octanol–water partition coefficient (Wildman–Crippen LogP) is 6.79. The summed E-state index contributed by atoms with van der Waals surface area (Å²) >= 11 is 0. The van der Waals surface area contributed by atoms with Gasteiger partial charge in [-0.05, 0) is 35.3 Å². The molecule has 2 nitrogen and oxygen atoms in total. The Morgan fingerprint density at radius 3 is 1.79 bits per heavy atom. The molecule has 2 heteroatoms. The van der Waals surface area contributed by atoms with E-state index in [9.17, 15) is 4.79 Å². The van der Waals surface area contributed by atoms with Crippen molar-refractivity contribution >= 4 is 11.9 Å². The van der Waals surface area contributed by atoms with Crippen LogP contribution in [0.5, 0.6) is 0 Å². The van der Waals surface area contributed by atoms with Crippen molar-refractivity contribution in [1.82, 2.24) is 4.90 Å². The maximum atomic E-state index is 13.5. The third-order valence-corrected chi connectivity index (χ3v) is 6.33. The van der Waals surface area contributed by atoms with E-state index in [-0.39, 0.29) is 23.9 Å². The van der Waals surface area contributed by atoms with Crippen LogP contribution in [0, 0.1) is 6.92 Å². The second-order valence-corrected chi connectivity index (χ2v) is 8.62. The molecule has 0 aromatic heterocycles. The van der Waals surface area contributed by atoms with E-state index in [1.165, 1.54) is 22.3 Å². The zero-order valence-electron chi connectivity index (χ0n) is 18.7. The lowest BCUT2D eigenvalue weighted by Crippen LogP contribution is -2.17. The minimum atomic E-state index is -0.196. The topological polar surface area (TPSA) is 20.1 Å². The first kappa shape index (κ1) is 21.1. The molecule has 1 fully saturated rings. The number of carbonyl (C=O) groups excluding carboxylic acids is 1. The smallest absolute Gasteiger partial charge is 0.174 e. The minimum absolute atomic E-state index is 0.0118. The Bertz CT molecular complexity index is 1190. The van der Waals surface area contributed by atoms with E-state index < -0.39 is 0 Å². The van der Waals surface area contributed by atoms with E-state index >= 15 is 0 Å². The normalized spacial score (nSPS) is 19.6. The molecule has 0 aliphatic carbocycles. The van der Waals surface area contributed by atoms with Gasteiger partial charge in [0.2, 0.25) is 0 Å². The average molecular weight is 430 g/mol. The summed E-state index contributed by atoms with van der Waals surface area (Å²) in [7, 11) is 0. The van der Waals surface area contributed by atoms with E-state index in [4.69, 9.17) is 0 Å². The van der Waals surface area contributed by atoms with Crippen molar-refractivity contribution in [2.24, 2.45) is 0 Å². The summed E-state index contributed by atoms with van der Waals surface area (Å²) < 4.78 is 0. The van der Waals surface area contributed by atoms with Crippen LogP contribution in [0.15, 0.2) is 121 Å². The van der Waals surface area contributed by atoms with Gasteiger partial charge in [-0.25, -0.2) is 0 Å². The molecular formula is C31H27NO. The second-order valence-electron chi connectivity index (χ2n) is 8.62. The molecule has 3 unspecified atom stereocenters. The quantitative estimate of drug-likeness (QED) is 0.238. The zero-order valence-corrected chi connectivity index (χ0v) is 18.7. The highest BCUT2D eigenvalue weighted by Gasteiger charge is 2.55. The van der Waals surface area contributed by atoms with Crippen molar-refractivity contribution < 1.29 is 4.79 Å². The van der Waals surface area contributed by atoms with Crippen LogP contribution in [-0.2, 0) is 4.79 Å². The van der Waals surface area contributed by atoms with Crippen LogP contribution in [-0.4, -0.2) is 16.7 Å². The first-order valence-corrected chi connectivity index (χ1v) is 11.4. The Morgan fingerprint density at radius 2 is 1.24 bits per heavy atom. The summed E-state index contributed by atoms with van der Waals surface area (Å²) in [4.78, 5) is 15.8. The van der Waals surface area contributed by atoms with Crippen LogP contribution in [0.3, 0.4) is 0 Å². The van der Waals surface area contributed by atoms with Crippen LogP contribution in [0.4, 0.5) is 0 Å². The number of benzene rings is 4. The van der Waals surface area contributed by atoms with Crippen molar-refractivity contribution in [3.8, 4) is 0 Å². The fourth-order valence-corrected chi connectivity index (χ4v) is 4.64. The standard InChI is InChI=1S/C31H27NO/c1-23-17-20-27(21-18-23)30-31(28(33)22-19-24-11-5-2-6-12-24)32(30)29(25-13-7-3-8-14-25)26-15-9-4-10-16-26/h2-22,29-31H,1H3/b22-19+. The van der Waals surface area contributed by atoms with E-state index in [0.717, 1.165) is 5.56 Å². The monoisotopic (exact) mass is 429 g/mol. The molecule has 3 atom stereocenters. The van der Waals surface area contributed by atoms with E-state index in [1.54, 1.807) is 6.08 Å². The van der Waals surface area contributed by atoms with Crippen LogP contribution in [0.2, 0.25) is 0 Å². The van der Waals surface area contributed by atoms with Crippen molar-refractivity contribution in [2.75, 3.05) is 0 Å². The highest BCUT2D eigenvalue weighted by atomic mass is 16.1. The van der Waals surface area contributed by atoms with Crippen LogP contribution in [0.1, 0.15) is 39.9 Å². The molecule has 0 spiro atoms. The number of ketones is 1. The van der Waals surface area contributed by atoms with Gasteiger partial charge >= 0.3 is 0 Å². The lowest BCUT2D eigenvalue weighted by Gasteiger charge is -2.21. The van der Waals surface area contributed by atoms with Gasteiger partial charge in [-0.15, -0.1) is 0 Å². The lowest BCUT2D eigenvalue weighted by atomic mass is 9.98. The molecule has 0 amide bonds. The minimum Gasteiger partial charge on any atom is -0.293 e. The SMILES string of the molecule is Cc1ccc(C2C(C(=O)/C=C/c3ccccc3)N2C(c2ccccc2)c2ccccc2)cc1. The number of rotatable bonds is 7. The maximum Gasteiger partial charge on any atom is 0.174 e. The predicted molar refractivity (Wildman–Crippen MR) is 135 cm³/mol. The van der Waals surface area contributed by atoms with Gasteiger partial charge in [-0.1, -0.05) is 127 Å². The fraction of sp³-hybridized carbons (Fsp3) is 0.129. The summed E-state index contributed by atoms with van der Waals surface area (Å²) in [5.74, 6) is 0.140. The summed E-state index contributed by atoms with van der Waals surface area (Å²) in [6, 6.07) is 39.4. The van der Waals surface area contributed by atoms with Gasteiger partial charge in [0.15, 0.2) is 5.78 Å². The van der Waals surface area contributed by atoms with E-state index in [1.807, 2.05) is 48.5 Å². The number of hydrogen-bond donors (Lipinski definition) is 0. The van der Waals surface area contributed by atoms with Crippen LogP contribution < -0.4 is 0 Å². The molecular weight excluding hydrogens is 402 g/mol. The molecule has 0 radical (unpaired) electrons. The third kappa shape index (κ3) is 4.57. The number of hydrogen-bond acceptors (Lipinski definition) is 2. The Balaban J connectivity index is 1.53. The first-order chi connectivity index (χ1) is 16.2. The molecule has 4 aromatic carbocycles. The Hall–Kier alpha value is -3.75. The van der Waals surface area contributed by atoms with E-state index in [0.29, 0.717) is 0 Å². The second kappa shape index (κ2) is 9.40. The highest BCUT2D eigenvalue weighted by Crippen LogP contribution is 2.52. The molecule has 5 rings (SSSR count). The summed E-state index contributed by atoms with van der Waals surface area (Å²) in [6.45, 7) is 2.09. The molecule has 4 aromatic rings. The van der Waals surface area contributed by atoms with Gasteiger partial charge in [0.25, 0.3) is 0 Å². The van der Waals surface area contributed by atoms with Crippen LogP contribution in [0.25, 0.3) is 6.08 Å². The van der Waals surface area contributed by atoms with Gasteiger partial charge in [-0.3, -0.25) is 9.69 Å². The molecule has 0 saturated carbocycles. The number of carbonyl (C=O) groups is 1. The van der Waals surface area contributed by atoms with Gasteiger partial charge in [0.05, 0.1) is 18.1 Å². The summed E-state index contributed by atoms with van der Waals surface area (Å²) in [5, 5.41) is 0. The molecule has 0 N–H and O–H groups in total. The summed E-state index contributed by atoms with van der Waals surface area (Å²) in [5.41, 5.74) is 5.84. The van der Waals surface area contributed by atoms with Crippen molar-refractivity contribution in [3.05, 3.63) is 149 Å². The molecule has 33 heavy (non-hydrogen) atoms. The molecule has 1 aliphatic rings. The first-order valence-electron chi connectivity index (χ1n) is 11.4. The molecule has 162 valence electrons. The van der Waals surface area contributed by atoms with Crippen LogP contribution >= 0.6 is 0 Å². The Morgan fingerprint density at radius 1 is 0.727 bits per heavy atom. The number of aryl methyl sites for hydroxylation is 1. The maximum absolute atomic E-state index is 13.5. The molecule has 0 bridgehead atoms. The molecule has 1 saturated heterocycles. The van der Waals surface area contributed by atoms with E-state index in [2.05, 4.69) is 84.6 Å². The lowest BCUT2D eigenvalue weighted by molar-refractivity contribution is -0.114. The zero-order chi connectivity index (χ0) is 22.6. The highest BCUT2D eigenvalue weighted by molar-refractivity contribution is 6.00. The Kier molecular flexibility index (Phi) is 6.01. The van der Waals surface area contributed by atoms with Crippen molar-refractivity contribution in [3.63, 3.8) is 0 Å². The molecule has 1 heterocycles. The number of nitrogens with zero attached hydrogens (tertiary/aromatic N) is 1. The van der Waals surface area contributed by atoms with Gasteiger partial charge in [0, 0.05) is 0 Å². The van der Waals surface area contributed by atoms with Crippen molar-refractivity contribution in [1.29, 1.82) is 0 Å². The molecule has 1 aliphatic heterocycles. The summed E-state index contributed by atoms with van der Waals surface area (Å²) in [6.07, 6.45) is 3.67. The fourth-order valence-electron chi connectivity index (χ4n) is 4.64. The van der Waals surface area contributed by atoms with Crippen molar-refractivity contribution in [2.45, 2.75) is 25.0 Å². The van der Waals surface area contributed by atoms with Gasteiger partial charge in [-0.2, -0.15) is 0 Å².